The standard InChI is InChI=1S/C14H29NO3/c1-3-4-5-6-7-8-10-15-11-9-14(17)18-13(2)12-16/h13,15-16H,3-12H2,1-2H3. The predicted molar refractivity (Wildman–Crippen MR) is 73.5 cm³/mol. The molecule has 0 rings (SSSR count). The van der Waals surface area contributed by atoms with E-state index in [0.717, 1.165) is 6.54 Å². The molecule has 4 nitrogen and oxygen atoms in total. The maximum Gasteiger partial charge on any atom is 0.307 e. The molecule has 0 aliphatic carbocycles. The lowest BCUT2D eigenvalue weighted by Gasteiger charge is -2.10. The number of carbonyl (C=O) groups is 1. The van der Waals surface area contributed by atoms with Gasteiger partial charge in [0.1, 0.15) is 6.10 Å². The van der Waals surface area contributed by atoms with Gasteiger partial charge in [-0.15, -0.1) is 0 Å². The number of esters is 1. The summed E-state index contributed by atoms with van der Waals surface area (Å²) < 4.78 is 4.94. The molecule has 0 aliphatic rings. The first-order valence-electron chi connectivity index (χ1n) is 7.21. The molecule has 0 amide bonds. The average molecular weight is 259 g/mol. The van der Waals surface area contributed by atoms with Crippen molar-refractivity contribution < 1.29 is 14.6 Å². The Morgan fingerprint density at radius 2 is 1.83 bits per heavy atom. The van der Waals surface area contributed by atoms with Gasteiger partial charge in [0.2, 0.25) is 0 Å². The van der Waals surface area contributed by atoms with Gasteiger partial charge in [-0.3, -0.25) is 4.79 Å². The minimum absolute atomic E-state index is 0.114. The smallest absolute Gasteiger partial charge is 0.307 e. The molecule has 4 heteroatoms. The molecule has 0 bridgehead atoms. The Morgan fingerprint density at radius 3 is 2.50 bits per heavy atom. The Kier molecular flexibility index (Phi) is 12.4. The number of aliphatic hydroxyl groups excluding tert-OH is 1. The molecule has 0 radical (unpaired) electrons. The Bertz CT molecular complexity index is 197. The normalized spacial score (nSPS) is 12.4. The van der Waals surface area contributed by atoms with Crippen LogP contribution >= 0.6 is 0 Å². The monoisotopic (exact) mass is 259 g/mol. The van der Waals surface area contributed by atoms with Crippen LogP contribution in [-0.2, 0) is 9.53 Å². The summed E-state index contributed by atoms with van der Waals surface area (Å²) in [5, 5.41) is 12.0. The molecule has 2 N–H and O–H groups in total. The molecule has 0 spiro atoms. The second-order valence-electron chi connectivity index (χ2n) is 4.75. The molecule has 0 aromatic carbocycles. The van der Waals surface area contributed by atoms with Gasteiger partial charge in [0.15, 0.2) is 0 Å². The summed E-state index contributed by atoms with van der Waals surface area (Å²) >= 11 is 0. The Labute approximate surface area is 111 Å². The lowest BCUT2D eigenvalue weighted by molar-refractivity contribution is -0.149. The number of unbranched alkanes of at least 4 members (excludes halogenated alkanes) is 5. The van der Waals surface area contributed by atoms with E-state index in [9.17, 15) is 4.79 Å². The molecule has 0 saturated carbocycles. The number of nitrogens with one attached hydrogen (secondary N) is 1. The van der Waals surface area contributed by atoms with Crippen LogP contribution in [0.2, 0.25) is 0 Å². The Hall–Kier alpha value is -0.610. The summed E-state index contributed by atoms with van der Waals surface area (Å²) in [6, 6.07) is 0. The van der Waals surface area contributed by atoms with Crippen LogP contribution in [0.4, 0.5) is 0 Å². The summed E-state index contributed by atoms with van der Waals surface area (Å²) in [5.41, 5.74) is 0. The second-order valence-corrected chi connectivity index (χ2v) is 4.75. The lowest BCUT2D eigenvalue weighted by atomic mass is 10.1. The van der Waals surface area contributed by atoms with Crippen molar-refractivity contribution in [3.63, 3.8) is 0 Å². The molecular formula is C14H29NO3. The zero-order valence-corrected chi connectivity index (χ0v) is 11.9. The third kappa shape index (κ3) is 11.9. The number of carbonyl (C=O) groups excluding carboxylic acids is 1. The van der Waals surface area contributed by atoms with E-state index in [4.69, 9.17) is 9.84 Å². The van der Waals surface area contributed by atoms with Gasteiger partial charge in [0, 0.05) is 6.54 Å². The first-order chi connectivity index (χ1) is 8.70. The van der Waals surface area contributed by atoms with Crippen LogP contribution in [0.15, 0.2) is 0 Å². The van der Waals surface area contributed by atoms with Crippen molar-refractivity contribution in [3.05, 3.63) is 0 Å². The van der Waals surface area contributed by atoms with Crippen molar-refractivity contribution in [2.45, 2.75) is 64.9 Å². The first-order valence-corrected chi connectivity index (χ1v) is 7.21. The highest BCUT2D eigenvalue weighted by atomic mass is 16.5. The summed E-state index contributed by atoms with van der Waals surface area (Å²) in [6.07, 6.45) is 7.68. The van der Waals surface area contributed by atoms with Gasteiger partial charge in [-0.05, 0) is 19.9 Å². The largest absolute Gasteiger partial charge is 0.460 e. The average Bonchev–Trinajstić information content (AvgIpc) is 2.36. The minimum Gasteiger partial charge on any atom is -0.460 e. The summed E-state index contributed by atoms with van der Waals surface area (Å²) in [4.78, 5) is 11.2. The fourth-order valence-corrected chi connectivity index (χ4v) is 1.67. The third-order valence-corrected chi connectivity index (χ3v) is 2.80. The maximum absolute atomic E-state index is 11.2. The van der Waals surface area contributed by atoms with Crippen molar-refractivity contribution in [1.82, 2.24) is 5.32 Å². The lowest BCUT2D eigenvalue weighted by Crippen LogP contribution is -2.23. The van der Waals surface area contributed by atoms with Crippen molar-refractivity contribution in [3.8, 4) is 0 Å². The quantitative estimate of drug-likeness (QED) is 0.417. The number of rotatable bonds is 12. The molecule has 18 heavy (non-hydrogen) atoms. The van der Waals surface area contributed by atoms with Crippen molar-refractivity contribution in [2.75, 3.05) is 19.7 Å². The van der Waals surface area contributed by atoms with E-state index in [1.807, 2.05) is 0 Å². The highest BCUT2D eigenvalue weighted by molar-refractivity contribution is 5.69. The van der Waals surface area contributed by atoms with Gasteiger partial charge in [0.25, 0.3) is 0 Å². The van der Waals surface area contributed by atoms with Gasteiger partial charge in [-0.2, -0.15) is 0 Å². The Morgan fingerprint density at radius 1 is 1.17 bits per heavy atom. The third-order valence-electron chi connectivity index (χ3n) is 2.80. The van der Waals surface area contributed by atoms with E-state index in [1.165, 1.54) is 38.5 Å². The summed E-state index contributed by atoms with van der Waals surface area (Å²) in [5.74, 6) is -0.244. The van der Waals surface area contributed by atoms with Gasteiger partial charge in [-0.1, -0.05) is 39.0 Å². The maximum atomic E-state index is 11.2. The fourth-order valence-electron chi connectivity index (χ4n) is 1.67. The Balaban J connectivity index is 3.17. The summed E-state index contributed by atoms with van der Waals surface area (Å²) in [6.45, 7) is 5.41. The van der Waals surface area contributed by atoms with Crippen LogP contribution in [0.5, 0.6) is 0 Å². The number of aliphatic hydroxyl groups is 1. The van der Waals surface area contributed by atoms with Crippen LogP contribution in [0, 0.1) is 0 Å². The topological polar surface area (TPSA) is 58.6 Å². The van der Waals surface area contributed by atoms with Crippen LogP contribution in [-0.4, -0.2) is 36.9 Å². The highest BCUT2D eigenvalue weighted by Gasteiger charge is 2.07. The molecule has 0 aromatic heterocycles. The predicted octanol–water partition coefficient (Wildman–Crippen LogP) is 2.25. The van der Waals surface area contributed by atoms with Crippen LogP contribution in [0.3, 0.4) is 0 Å². The first kappa shape index (κ1) is 17.4. The second kappa shape index (κ2) is 12.8. The SMILES string of the molecule is CCCCCCCCNCCC(=O)OC(C)CO. The van der Waals surface area contributed by atoms with Gasteiger partial charge in [0.05, 0.1) is 13.0 Å². The fraction of sp³-hybridized carbons (Fsp3) is 0.929. The van der Waals surface area contributed by atoms with Gasteiger partial charge < -0.3 is 15.2 Å². The molecule has 0 saturated heterocycles. The van der Waals surface area contributed by atoms with E-state index in [1.54, 1.807) is 6.92 Å². The van der Waals surface area contributed by atoms with Crippen molar-refractivity contribution >= 4 is 5.97 Å². The van der Waals surface area contributed by atoms with E-state index in [-0.39, 0.29) is 12.6 Å². The van der Waals surface area contributed by atoms with E-state index < -0.39 is 6.10 Å². The van der Waals surface area contributed by atoms with Crippen molar-refractivity contribution in [2.24, 2.45) is 0 Å². The van der Waals surface area contributed by atoms with E-state index >= 15 is 0 Å². The number of ether oxygens (including phenoxy) is 1. The molecule has 1 unspecified atom stereocenters. The van der Waals surface area contributed by atoms with Crippen molar-refractivity contribution in [1.29, 1.82) is 0 Å². The van der Waals surface area contributed by atoms with Crippen LogP contribution < -0.4 is 5.32 Å². The minimum atomic E-state index is -0.393. The molecule has 0 heterocycles. The number of hydrogen-bond donors (Lipinski definition) is 2. The van der Waals surface area contributed by atoms with Gasteiger partial charge in [-0.25, -0.2) is 0 Å². The zero-order valence-electron chi connectivity index (χ0n) is 11.9. The molecule has 108 valence electrons. The molecule has 1 atom stereocenters. The zero-order chi connectivity index (χ0) is 13.6. The molecule has 0 aromatic rings. The van der Waals surface area contributed by atoms with E-state index in [0.29, 0.717) is 13.0 Å². The molecule has 0 aliphatic heterocycles. The summed E-state index contributed by atoms with van der Waals surface area (Å²) in [7, 11) is 0. The van der Waals surface area contributed by atoms with E-state index in [2.05, 4.69) is 12.2 Å². The van der Waals surface area contributed by atoms with Gasteiger partial charge >= 0.3 is 5.97 Å². The molecule has 0 fully saturated rings. The van der Waals surface area contributed by atoms with Crippen LogP contribution in [0.25, 0.3) is 0 Å². The van der Waals surface area contributed by atoms with Crippen LogP contribution in [0.1, 0.15) is 58.8 Å². The highest BCUT2D eigenvalue weighted by Crippen LogP contribution is 2.04. The molecular weight excluding hydrogens is 230 g/mol. The number of hydrogen-bond acceptors (Lipinski definition) is 4.